The van der Waals surface area contributed by atoms with E-state index in [9.17, 15) is 0 Å². The first-order valence-electron chi connectivity index (χ1n) is 6.76. The predicted octanol–water partition coefficient (Wildman–Crippen LogP) is 4.43. The normalized spacial score (nSPS) is 21.6. The van der Waals surface area contributed by atoms with E-state index in [0.29, 0.717) is 0 Å². The molecule has 1 aromatic rings. The summed E-state index contributed by atoms with van der Waals surface area (Å²) in [5.41, 5.74) is 3.71. The lowest BCUT2D eigenvalue weighted by atomic mass is 9.93. The smallest absolute Gasteiger partial charge is 0.106 e. The number of nitrogens with zero attached hydrogens (tertiary/aromatic N) is 1. The van der Waals surface area contributed by atoms with Gasteiger partial charge in [0.25, 0.3) is 0 Å². The Morgan fingerprint density at radius 3 is 2.44 bits per heavy atom. The summed E-state index contributed by atoms with van der Waals surface area (Å²) in [4.78, 5) is 4.99. The van der Waals surface area contributed by atoms with E-state index < -0.39 is 0 Å². The third-order valence-electron chi connectivity index (χ3n) is 3.32. The highest BCUT2D eigenvalue weighted by Gasteiger charge is 2.11. The van der Waals surface area contributed by atoms with Crippen molar-refractivity contribution in [3.05, 3.63) is 41.5 Å². The van der Waals surface area contributed by atoms with Crippen molar-refractivity contribution in [1.29, 1.82) is 0 Å². The fraction of sp³-hybridized carbons (Fsp3) is 0.438. The summed E-state index contributed by atoms with van der Waals surface area (Å²) in [6.07, 6.45) is 9.50. The SMILES string of the molecule is CO/N=C1\CCCCCC\C1=C/c1ccccc1. The number of rotatable bonds is 2. The quantitative estimate of drug-likeness (QED) is 0.704. The van der Waals surface area contributed by atoms with Crippen LogP contribution in [-0.4, -0.2) is 12.8 Å². The maximum Gasteiger partial charge on any atom is 0.106 e. The van der Waals surface area contributed by atoms with Gasteiger partial charge in [-0.2, -0.15) is 0 Å². The second kappa shape index (κ2) is 7.00. The summed E-state index contributed by atoms with van der Waals surface area (Å²) < 4.78 is 0. The van der Waals surface area contributed by atoms with Crippen molar-refractivity contribution >= 4 is 11.8 Å². The van der Waals surface area contributed by atoms with Crippen molar-refractivity contribution in [2.24, 2.45) is 5.16 Å². The fourth-order valence-corrected chi connectivity index (χ4v) is 2.39. The van der Waals surface area contributed by atoms with Crippen LogP contribution in [0.25, 0.3) is 6.08 Å². The average Bonchev–Trinajstić information content (AvgIpc) is 2.38. The first-order chi connectivity index (χ1) is 8.90. The lowest BCUT2D eigenvalue weighted by molar-refractivity contribution is 0.212. The number of hydrogen-bond acceptors (Lipinski definition) is 2. The molecule has 0 radical (unpaired) electrons. The molecule has 2 rings (SSSR count). The first-order valence-corrected chi connectivity index (χ1v) is 6.76. The van der Waals surface area contributed by atoms with Gasteiger partial charge in [-0.15, -0.1) is 0 Å². The Morgan fingerprint density at radius 1 is 1.00 bits per heavy atom. The molecule has 1 aliphatic rings. The molecule has 96 valence electrons. The molecule has 2 nitrogen and oxygen atoms in total. The van der Waals surface area contributed by atoms with E-state index in [1.54, 1.807) is 7.11 Å². The van der Waals surface area contributed by atoms with Crippen LogP contribution >= 0.6 is 0 Å². The van der Waals surface area contributed by atoms with Crippen LogP contribution in [0.4, 0.5) is 0 Å². The molecular formula is C16H21NO. The molecule has 1 saturated carbocycles. The Kier molecular flexibility index (Phi) is 5.00. The summed E-state index contributed by atoms with van der Waals surface area (Å²) in [7, 11) is 1.63. The van der Waals surface area contributed by atoms with E-state index in [2.05, 4.69) is 35.5 Å². The summed E-state index contributed by atoms with van der Waals surface area (Å²) in [5, 5.41) is 4.21. The van der Waals surface area contributed by atoms with E-state index >= 15 is 0 Å². The van der Waals surface area contributed by atoms with E-state index in [-0.39, 0.29) is 0 Å². The average molecular weight is 243 g/mol. The van der Waals surface area contributed by atoms with Gasteiger partial charge in [0.05, 0.1) is 5.71 Å². The molecule has 2 heteroatoms. The van der Waals surface area contributed by atoms with Gasteiger partial charge in [-0.25, -0.2) is 0 Å². The van der Waals surface area contributed by atoms with Gasteiger partial charge in [0.1, 0.15) is 7.11 Å². The molecule has 0 saturated heterocycles. The Balaban J connectivity index is 2.24. The Hall–Kier alpha value is -1.57. The van der Waals surface area contributed by atoms with Gasteiger partial charge in [0.15, 0.2) is 0 Å². The van der Waals surface area contributed by atoms with Crippen LogP contribution in [0.2, 0.25) is 0 Å². The third kappa shape index (κ3) is 3.73. The third-order valence-corrected chi connectivity index (χ3v) is 3.32. The Morgan fingerprint density at radius 2 is 1.72 bits per heavy atom. The largest absolute Gasteiger partial charge is 0.399 e. The van der Waals surface area contributed by atoms with Gasteiger partial charge >= 0.3 is 0 Å². The fourth-order valence-electron chi connectivity index (χ4n) is 2.39. The van der Waals surface area contributed by atoms with Crippen molar-refractivity contribution < 1.29 is 4.84 Å². The summed E-state index contributed by atoms with van der Waals surface area (Å²) >= 11 is 0. The molecule has 0 heterocycles. The highest BCUT2D eigenvalue weighted by Crippen LogP contribution is 2.22. The van der Waals surface area contributed by atoms with Crippen LogP contribution in [0.5, 0.6) is 0 Å². The molecule has 0 spiro atoms. The zero-order valence-electron chi connectivity index (χ0n) is 11.1. The van der Waals surface area contributed by atoms with Crippen molar-refractivity contribution in [1.82, 2.24) is 0 Å². The molecule has 0 N–H and O–H groups in total. The lowest BCUT2D eigenvalue weighted by Gasteiger charge is -2.14. The highest BCUT2D eigenvalue weighted by molar-refractivity contribution is 6.03. The molecule has 1 aromatic carbocycles. The number of benzene rings is 1. The zero-order chi connectivity index (χ0) is 12.6. The van der Waals surface area contributed by atoms with Gasteiger partial charge < -0.3 is 4.84 Å². The number of oxime groups is 1. The van der Waals surface area contributed by atoms with Crippen LogP contribution in [0.3, 0.4) is 0 Å². The second-order valence-electron chi connectivity index (χ2n) is 4.72. The van der Waals surface area contributed by atoms with E-state index in [4.69, 9.17) is 4.84 Å². The Bertz CT molecular complexity index is 420. The highest BCUT2D eigenvalue weighted by atomic mass is 16.6. The first kappa shape index (κ1) is 12.9. The molecule has 18 heavy (non-hydrogen) atoms. The van der Waals surface area contributed by atoms with Crippen molar-refractivity contribution in [3.63, 3.8) is 0 Å². The molecule has 0 aromatic heterocycles. The van der Waals surface area contributed by atoms with Crippen LogP contribution < -0.4 is 0 Å². The Labute approximate surface area is 109 Å². The lowest BCUT2D eigenvalue weighted by Crippen LogP contribution is -2.07. The van der Waals surface area contributed by atoms with Gasteiger partial charge in [-0.1, -0.05) is 48.3 Å². The minimum absolute atomic E-state index is 1.03. The standard InChI is InChI=1S/C16H21NO/c1-18-17-16-12-8-3-2-7-11-15(16)13-14-9-5-4-6-10-14/h4-6,9-10,13H,2-3,7-8,11-12H2,1H3/b15-13+,17-16+. The molecular weight excluding hydrogens is 222 g/mol. The minimum Gasteiger partial charge on any atom is -0.399 e. The molecule has 0 aliphatic heterocycles. The summed E-state index contributed by atoms with van der Waals surface area (Å²) in [6.45, 7) is 0. The molecule has 1 aliphatic carbocycles. The van der Waals surface area contributed by atoms with Gasteiger partial charge in [-0.05, 0) is 42.9 Å². The summed E-state index contributed by atoms with van der Waals surface area (Å²) in [6, 6.07) is 10.5. The van der Waals surface area contributed by atoms with Crippen molar-refractivity contribution in [2.45, 2.75) is 38.5 Å². The van der Waals surface area contributed by atoms with Crippen molar-refractivity contribution in [3.8, 4) is 0 Å². The topological polar surface area (TPSA) is 21.6 Å². The molecule has 0 amide bonds. The maximum absolute atomic E-state index is 4.99. The van der Waals surface area contributed by atoms with Crippen LogP contribution in [0.1, 0.15) is 44.1 Å². The zero-order valence-corrected chi connectivity index (χ0v) is 11.1. The maximum atomic E-state index is 4.99. The van der Waals surface area contributed by atoms with Crippen LogP contribution in [-0.2, 0) is 4.84 Å². The monoisotopic (exact) mass is 243 g/mol. The molecule has 0 unspecified atom stereocenters. The molecule has 1 fully saturated rings. The van der Waals surface area contributed by atoms with E-state index in [1.165, 1.54) is 36.8 Å². The van der Waals surface area contributed by atoms with E-state index in [1.807, 2.05) is 6.07 Å². The number of allylic oxidation sites excluding steroid dienone is 1. The van der Waals surface area contributed by atoms with Crippen molar-refractivity contribution in [2.75, 3.05) is 7.11 Å². The van der Waals surface area contributed by atoms with Crippen LogP contribution in [0, 0.1) is 0 Å². The van der Waals surface area contributed by atoms with E-state index in [0.717, 1.165) is 18.6 Å². The minimum atomic E-state index is 1.03. The predicted molar refractivity (Wildman–Crippen MR) is 76.6 cm³/mol. The summed E-state index contributed by atoms with van der Waals surface area (Å²) in [5.74, 6) is 0. The molecule has 0 bridgehead atoms. The molecule has 0 atom stereocenters. The van der Waals surface area contributed by atoms with Gasteiger partial charge in [-0.3, -0.25) is 0 Å². The number of hydrogen-bond donors (Lipinski definition) is 0. The second-order valence-corrected chi connectivity index (χ2v) is 4.72. The van der Waals surface area contributed by atoms with Gasteiger partial charge in [0.2, 0.25) is 0 Å². The van der Waals surface area contributed by atoms with Gasteiger partial charge in [0, 0.05) is 0 Å². The van der Waals surface area contributed by atoms with Crippen LogP contribution in [0.15, 0.2) is 41.1 Å².